The molecule has 2 aromatic rings. The average molecular weight is 263 g/mol. The topological polar surface area (TPSA) is 70.1 Å². The fraction of sp³-hybridized carbons (Fsp3) is 0.231. The Morgan fingerprint density at radius 1 is 1.53 bits per heavy atom. The monoisotopic (exact) mass is 263 g/mol. The average Bonchev–Trinajstić information content (AvgIpc) is 2.74. The zero-order valence-corrected chi connectivity index (χ0v) is 10.7. The highest BCUT2D eigenvalue weighted by molar-refractivity contribution is 5.94. The van der Waals surface area contributed by atoms with Gasteiger partial charge in [0.2, 0.25) is 0 Å². The van der Waals surface area contributed by atoms with Gasteiger partial charge in [-0.25, -0.2) is 13.9 Å². The third-order valence-electron chi connectivity index (χ3n) is 2.70. The van der Waals surface area contributed by atoms with Crippen LogP contribution in [0.15, 0.2) is 24.4 Å². The molecule has 0 saturated carbocycles. The summed E-state index contributed by atoms with van der Waals surface area (Å²) in [5, 5.41) is 4.02. The zero-order valence-electron chi connectivity index (χ0n) is 10.7. The summed E-state index contributed by atoms with van der Waals surface area (Å²) in [7, 11) is 0. The van der Waals surface area contributed by atoms with Crippen molar-refractivity contribution in [1.29, 1.82) is 0 Å². The maximum atomic E-state index is 13.3. The number of esters is 1. The molecule has 0 unspecified atom stereocenters. The fourth-order valence-electron chi connectivity index (χ4n) is 1.73. The normalized spacial score (nSPS) is 10.5. The number of nitrogens with zero attached hydrogens (tertiary/aromatic N) is 2. The molecule has 5 nitrogen and oxygen atoms in total. The van der Waals surface area contributed by atoms with Gasteiger partial charge in [-0.15, -0.1) is 0 Å². The smallest absolute Gasteiger partial charge is 0.343 e. The number of nitrogen functional groups attached to an aromatic ring is 1. The van der Waals surface area contributed by atoms with E-state index in [-0.39, 0.29) is 18.0 Å². The van der Waals surface area contributed by atoms with Crippen molar-refractivity contribution >= 4 is 11.8 Å². The lowest BCUT2D eigenvalue weighted by Gasteiger charge is -2.08. The van der Waals surface area contributed by atoms with E-state index in [0.717, 1.165) is 5.56 Å². The van der Waals surface area contributed by atoms with E-state index < -0.39 is 11.8 Å². The number of hydrogen-bond acceptors (Lipinski definition) is 4. The summed E-state index contributed by atoms with van der Waals surface area (Å²) in [5.74, 6) is -0.805. The van der Waals surface area contributed by atoms with Crippen molar-refractivity contribution < 1.29 is 13.9 Å². The van der Waals surface area contributed by atoms with Gasteiger partial charge in [0.15, 0.2) is 0 Å². The standard InChI is InChI=1S/C13H14FN3O2/c1-3-19-13(18)10-7-16-17(12(10)15)11-6-9(14)5-4-8(11)2/h4-7H,3,15H2,1-2H3. The molecule has 0 bridgehead atoms. The number of aryl methyl sites for hydroxylation is 1. The van der Waals surface area contributed by atoms with Crippen LogP contribution in [0.25, 0.3) is 5.69 Å². The SMILES string of the molecule is CCOC(=O)c1cnn(-c2cc(F)ccc2C)c1N. The van der Waals surface area contributed by atoms with Gasteiger partial charge in [0.25, 0.3) is 0 Å². The minimum atomic E-state index is -0.541. The van der Waals surface area contributed by atoms with E-state index in [9.17, 15) is 9.18 Å². The van der Waals surface area contributed by atoms with Gasteiger partial charge in [-0.1, -0.05) is 6.07 Å². The molecule has 0 aliphatic rings. The van der Waals surface area contributed by atoms with Crippen LogP contribution in [0.4, 0.5) is 10.2 Å². The second kappa shape index (κ2) is 5.09. The third-order valence-corrected chi connectivity index (χ3v) is 2.70. The molecule has 0 saturated heterocycles. The Balaban J connectivity index is 2.47. The summed E-state index contributed by atoms with van der Waals surface area (Å²) in [6, 6.07) is 4.29. The third kappa shape index (κ3) is 2.42. The molecule has 1 heterocycles. The van der Waals surface area contributed by atoms with Crippen molar-refractivity contribution in [3.63, 3.8) is 0 Å². The number of carbonyl (C=O) groups excluding carboxylic acids is 1. The van der Waals surface area contributed by atoms with Gasteiger partial charge in [-0.2, -0.15) is 5.10 Å². The van der Waals surface area contributed by atoms with Crippen molar-refractivity contribution in [2.45, 2.75) is 13.8 Å². The Labute approximate surface area is 109 Å². The Kier molecular flexibility index (Phi) is 3.50. The molecule has 100 valence electrons. The number of hydrogen-bond donors (Lipinski definition) is 1. The summed E-state index contributed by atoms with van der Waals surface area (Å²) in [6.07, 6.45) is 1.32. The lowest BCUT2D eigenvalue weighted by molar-refractivity contribution is 0.0527. The van der Waals surface area contributed by atoms with E-state index in [1.807, 2.05) is 0 Å². The highest BCUT2D eigenvalue weighted by atomic mass is 19.1. The van der Waals surface area contributed by atoms with Gasteiger partial charge in [0.1, 0.15) is 17.2 Å². The number of anilines is 1. The molecule has 0 amide bonds. The number of halogens is 1. The van der Waals surface area contributed by atoms with Crippen LogP contribution in [0.1, 0.15) is 22.8 Å². The Hall–Kier alpha value is -2.37. The molecule has 0 fully saturated rings. The molecule has 0 aliphatic carbocycles. The molecule has 19 heavy (non-hydrogen) atoms. The van der Waals surface area contributed by atoms with E-state index in [4.69, 9.17) is 10.5 Å². The van der Waals surface area contributed by atoms with E-state index >= 15 is 0 Å². The molecule has 0 atom stereocenters. The maximum absolute atomic E-state index is 13.3. The molecule has 6 heteroatoms. The van der Waals surface area contributed by atoms with Gasteiger partial charge >= 0.3 is 5.97 Å². The molecule has 1 aromatic heterocycles. The first-order valence-electron chi connectivity index (χ1n) is 5.81. The van der Waals surface area contributed by atoms with Crippen molar-refractivity contribution in [3.8, 4) is 5.69 Å². The van der Waals surface area contributed by atoms with Gasteiger partial charge in [-0.05, 0) is 31.5 Å². The van der Waals surface area contributed by atoms with E-state index in [0.29, 0.717) is 5.69 Å². The Bertz CT molecular complexity index is 622. The van der Waals surface area contributed by atoms with Crippen LogP contribution in [0.5, 0.6) is 0 Å². The summed E-state index contributed by atoms with van der Waals surface area (Å²) in [5.41, 5.74) is 7.33. The maximum Gasteiger partial charge on any atom is 0.343 e. The molecule has 0 spiro atoms. The van der Waals surface area contributed by atoms with Crippen LogP contribution in [-0.2, 0) is 4.74 Å². The fourth-order valence-corrected chi connectivity index (χ4v) is 1.73. The molecule has 0 radical (unpaired) electrons. The number of benzene rings is 1. The molecule has 1 aromatic carbocycles. The van der Waals surface area contributed by atoms with Gasteiger partial charge in [0, 0.05) is 0 Å². The summed E-state index contributed by atoms with van der Waals surface area (Å²) in [6.45, 7) is 3.76. The Morgan fingerprint density at radius 2 is 2.26 bits per heavy atom. The van der Waals surface area contributed by atoms with Crippen LogP contribution in [-0.4, -0.2) is 22.4 Å². The Morgan fingerprint density at radius 3 is 2.95 bits per heavy atom. The molecule has 2 N–H and O–H groups in total. The first-order valence-corrected chi connectivity index (χ1v) is 5.81. The molecule has 0 aliphatic heterocycles. The van der Waals surface area contributed by atoms with Crippen LogP contribution >= 0.6 is 0 Å². The van der Waals surface area contributed by atoms with Gasteiger partial charge in [0.05, 0.1) is 18.5 Å². The molecular formula is C13H14FN3O2. The lowest BCUT2D eigenvalue weighted by Crippen LogP contribution is -2.09. The summed E-state index contributed by atoms with van der Waals surface area (Å²) in [4.78, 5) is 11.6. The predicted octanol–water partition coefficient (Wildman–Crippen LogP) is 2.08. The summed E-state index contributed by atoms with van der Waals surface area (Å²) < 4.78 is 19.5. The van der Waals surface area contributed by atoms with Crippen LogP contribution in [0.2, 0.25) is 0 Å². The number of ether oxygens (including phenoxy) is 1. The minimum Gasteiger partial charge on any atom is -0.462 e. The largest absolute Gasteiger partial charge is 0.462 e. The second-order valence-electron chi connectivity index (χ2n) is 4.01. The first-order chi connectivity index (χ1) is 9.04. The molecule has 2 rings (SSSR count). The van der Waals surface area contributed by atoms with Crippen LogP contribution in [0.3, 0.4) is 0 Å². The second-order valence-corrected chi connectivity index (χ2v) is 4.01. The molecular weight excluding hydrogens is 249 g/mol. The van der Waals surface area contributed by atoms with E-state index in [2.05, 4.69) is 5.10 Å². The number of carbonyl (C=O) groups is 1. The summed E-state index contributed by atoms with van der Waals surface area (Å²) >= 11 is 0. The van der Waals surface area contributed by atoms with Crippen molar-refractivity contribution in [3.05, 3.63) is 41.3 Å². The van der Waals surface area contributed by atoms with Gasteiger partial charge in [-0.3, -0.25) is 0 Å². The number of aromatic nitrogens is 2. The van der Waals surface area contributed by atoms with Crippen LogP contribution in [0, 0.1) is 12.7 Å². The van der Waals surface area contributed by atoms with Crippen molar-refractivity contribution in [2.24, 2.45) is 0 Å². The first kappa shape index (κ1) is 13.1. The van der Waals surface area contributed by atoms with E-state index in [1.54, 1.807) is 19.9 Å². The number of rotatable bonds is 3. The number of nitrogens with two attached hydrogens (primary N) is 1. The van der Waals surface area contributed by atoms with Crippen LogP contribution < -0.4 is 5.73 Å². The highest BCUT2D eigenvalue weighted by Gasteiger charge is 2.18. The van der Waals surface area contributed by atoms with E-state index in [1.165, 1.54) is 23.0 Å². The zero-order chi connectivity index (χ0) is 14.0. The quantitative estimate of drug-likeness (QED) is 0.861. The van der Waals surface area contributed by atoms with Crippen molar-refractivity contribution in [2.75, 3.05) is 12.3 Å². The lowest BCUT2D eigenvalue weighted by atomic mass is 10.2. The highest BCUT2D eigenvalue weighted by Crippen LogP contribution is 2.21. The van der Waals surface area contributed by atoms with Gasteiger partial charge < -0.3 is 10.5 Å². The minimum absolute atomic E-state index is 0.132. The predicted molar refractivity (Wildman–Crippen MR) is 68.6 cm³/mol. The van der Waals surface area contributed by atoms with Crippen molar-refractivity contribution in [1.82, 2.24) is 9.78 Å².